The van der Waals surface area contributed by atoms with Gasteiger partial charge in [-0.2, -0.15) is 5.10 Å². The van der Waals surface area contributed by atoms with E-state index in [-0.39, 0.29) is 6.04 Å². The van der Waals surface area contributed by atoms with Crippen LogP contribution in [0, 0.1) is 13.8 Å². The lowest BCUT2D eigenvalue weighted by atomic mass is 9.97. The van der Waals surface area contributed by atoms with Gasteiger partial charge >= 0.3 is 0 Å². The van der Waals surface area contributed by atoms with Crippen molar-refractivity contribution in [1.82, 2.24) is 9.78 Å². The van der Waals surface area contributed by atoms with Crippen LogP contribution in [0.25, 0.3) is 0 Å². The van der Waals surface area contributed by atoms with Crippen LogP contribution in [0.5, 0.6) is 0 Å². The summed E-state index contributed by atoms with van der Waals surface area (Å²) >= 11 is 6.25. The molecule has 0 saturated carbocycles. The van der Waals surface area contributed by atoms with Gasteiger partial charge in [-0.25, -0.2) is 0 Å². The molecule has 0 aliphatic carbocycles. The standard InChI is InChI=1S/C15H20ClN3/c1-4-7-19-15(13(16)9-18-19)14(17)12-8-10(2)5-6-11(12)3/h5-6,8-9,14H,4,7,17H2,1-3H3. The number of nitrogens with zero attached hydrogens (tertiary/aromatic N) is 2. The number of nitrogens with two attached hydrogens (primary N) is 1. The third-order valence-electron chi connectivity index (χ3n) is 3.33. The lowest BCUT2D eigenvalue weighted by Crippen LogP contribution is -2.19. The molecule has 1 atom stereocenters. The fraction of sp³-hybridized carbons (Fsp3) is 0.400. The second kappa shape index (κ2) is 5.76. The zero-order valence-electron chi connectivity index (χ0n) is 11.7. The Bertz CT molecular complexity index is 575. The summed E-state index contributed by atoms with van der Waals surface area (Å²) in [7, 11) is 0. The van der Waals surface area contributed by atoms with Gasteiger partial charge in [0.2, 0.25) is 0 Å². The quantitative estimate of drug-likeness (QED) is 0.928. The maximum absolute atomic E-state index is 6.42. The van der Waals surface area contributed by atoms with Gasteiger partial charge in [0.1, 0.15) is 0 Å². The number of hydrogen-bond donors (Lipinski definition) is 1. The third kappa shape index (κ3) is 2.82. The van der Waals surface area contributed by atoms with Crippen LogP contribution in [-0.2, 0) is 6.54 Å². The number of rotatable bonds is 4. The molecule has 0 aliphatic rings. The number of aromatic nitrogens is 2. The number of hydrogen-bond acceptors (Lipinski definition) is 2. The van der Waals surface area contributed by atoms with Crippen LogP contribution in [0.15, 0.2) is 24.4 Å². The molecule has 1 heterocycles. The van der Waals surface area contributed by atoms with Gasteiger partial charge in [-0.1, -0.05) is 42.3 Å². The zero-order valence-corrected chi connectivity index (χ0v) is 12.4. The second-order valence-electron chi connectivity index (χ2n) is 4.94. The first-order chi connectivity index (χ1) is 9.04. The first kappa shape index (κ1) is 14.1. The van der Waals surface area contributed by atoms with E-state index in [2.05, 4.69) is 44.1 Å². The van der Waals surface area contributed by atoms with Gasteiger partial charge in [0.05, 0.1) is 23.0 Å². The summed E-state index contributed by atoms with van der Waals surface area (Å²) in [6, 6.07) is 6.08. The fourth-order valence-electron chi connectivity index (χ4n) is 2.31. The molecule has 19 heavy (non-hydrogen) atoms. The maximum Gasteiger partial charge on any atom is 0.0837 e. The van der Waals surface area contributed by atoms with E-state index in [9.17, 15) is 0 Å². The van der Waals surface area contributed by atoms with Crippen molar-refractivity contribution in [3.05, 3.63) is 51.8 Å². The van der Waals surface area contributed by atoms with Crippen LogP contribution in [-0.4, -0.2) is 9.78 Å². The average molecular weight is 278 g/mol. The minimum atomic E-state index is -0.235. The molecule has 2 rings (SSSR count). The SMILES string of the molecule is CCCn1ncc(Cl)c1C(N)c1cc(C)ccc1C. The minimum absolute atomic E-state index is 0.235. The normalized spacial score (nSPS) is 12.7. The average Bonchev–Trinajstić information content (AvgIpc) is 2.73. The predicted octanol–water partition coefficient (Wildman–Crippen LogP) is 3.61. The first-order valence-electron chi connectivity index (χ1n) is 6.58. The molecule has 4 heteroatoms. The van der Waals surface area contributed by atoms with Gasteiger partial charge in [0.25, 0.3) is 0 Å². The molecule has 1 unspecified atom stereocenters. The Labute approximate surface area is 119 Å². The van der Waals surface area contributed by atoms with Gasteiger partial charge in [-0.15, -0.1) is 0 Å². The summed E-state index contributed by atoms with van der Waals surface area (Å²) < 4.78 is 1.91. The summed E-state index contributed by atoms with van der Waals surface area (Å²) in [5.41, 5.74) is 10.8. The number of benzene rings is 1. The van der Waals surface area contributed by atoms with E-state index in [1.165, 1.54) is 11.1 Å². The van der Waals surface area contributed by atoms with Crippen molar-refractivity contribution in [2.24, 2.45) is 5.73 Å². The number of halogens is 1. The van der Waals surface area contributed by atoms with Crippen LogP contribution in [0.2, 0.25) is 5.02 Å². The molecule has 0 amide bonds. The second-order valence-corrected chi connectivity index (χ2v) is 5.35. The molecule has 102 valence electrons. The Morgan fingerprint density at radius 2 is 2.11 bits per heavy atom. The summed E-state index contributed by atoms with van der Waals surface area (Å²) in [5, 5.41) is 4.95. The highest BCUT2D eigenvalue weighted by Crippen LogP contribution is 2.29. The van der Waals surface area contributed by atoms with Gasteiger partial charge in [0, 0.05) is 6.54 Å². The Morgan fingerprint density at radius 1 is 1.37 bits per heavy atom. The zero-order chi connectivity index (χ0) is 14.0. The van der Waals surface area contributed by atoms with E-state index in [1.54, 1.807) is 6.20 Å². The molecule has 0 spiro atoms. The molecule has 2 aromatic rings. The van der Waals surface area contributed by atoms with Crippen LogP contribution in [0.4, 0.5) is 0 Å². The van der Waals surface area contributed by atoms with Crippen LogP contribution >= 0.6 is 11.6 Å². The maximum atomic E-state index is 6.42. The van der Waals surface area contributed by atoms with Crippen LogP contribution < -0.4 is 5.73 Å². The predicted molar refractivity (Wildman–Crippen MR) is 79.5 cm³/mol. The molecule has 1 aromatic carbocycles. The van der Waals surface area contributed by atoms with Gasteiger partial charge in [-0.3, -0.25) is 4.68 Å². The number of aryl methyl sites for hydroxylation is 3. The lowest BCUT2D eigenvalue weighted by molar-refractivity contribution is 0.559. The minimum Gasteiger partial charge on any atom is -0.319 e. The van der Waals surface area contributed by atoms with Crippen molar-refractivity contribution in [1.29, 1.82) is 0 Å². The Kier molecular flexibility index (Phi) is 4.27. The van der Waals surface area contributed by atoms with Crippen LogP contribution in [0.1, 0.15) is 41.8 Å². The summed E-state index contributed by atoms with van der Waals surface area (Å²) in [6.07, 6.45) is 2.68. The van der Waals surface area contributed by atoms with Crippen molar-refractivity contribution in [3.8, 4) is 0 Å². The first-order valence-corrected chi connectivity index (χ1v) is 6.96. The Balaban J connectivity index is 2.46. The molecule has 1 aromatic heterocycles. The topological polar surface area (TPSA) is 43.8 Å². The van der Waals surface area contributed by atoms with Crippen molar-refractivity contribution >= 4 is 11.6 Å². The van der Waals surface area contributed by atoms with E-state index in [0.29, 0.717) is 5.02 Å². The van der Waals surface area contributed by atoms with Gasteiger partial charge in [-0.05, 0) is 31.4 Å². The van der Waals surface area contributed by atoms with Gasteiger partial charge in [0.15, 0.2) is 0 Å². The van der Waals surface area contributed by atoms with Crippen LogP contribution in [0.3, 0.4) is 0 Å². The summed E-state index contributed by atoms with van der Waals surface area (Å²) in [4.78, 5) is 0. The molecular weight excluding hydrogens is 258 g/mol. The van der Waals surface area contributed by atoms with Crippen molar-refractivity contribution in [2.45, 2.75) is 39.8 Å². The van der Waals surface area contributed by atoms with E-state index < -0.39 is 0 Å². The molecule has 2 N–H and O–H groups in total. The van der Waals surface area contributed by atoms with Crippen molar-refractivity contribution < 1.29 is 0 Å². The molecular formula is C15H20ClN3. The monoisotopic (exact) mass is 277 g/mol. The highest BCUT2D eigenvalue weighted by atomic mass is 35.5. The Hall–Kier alpha value is -1.32. The van der Waals surface area contributed by atoms with E-state index >= 15 is 0 Å². The highest BCUT2D eigenvalue weighted by molar-refractivity contribution is 6.31. The molecule has 0 fully saturated rings. The van der Waals surface area contributed by atoms with Crippen molar-refractivity contribution in [2.75, 3.05) is 0 Å². The summed E-state index contributed by atoms with van der Waals surface area (Å²) in [6.45, 7) is 7.09. The van der Waals surface area contributed by atoms with Gasteiger partial charge < -0.3 is 5.73 Å². The fourth-order valence-corrected chi connectivity index (χ4v) is 2.57. The van der Waals surface area contributed by atoms with E-state index in [1.807, 2.05) is 4.68 Å². The smallest absolute Gasteiger partial charge is 0.0837 e. The molecule has 3 nitrogen and oxygen atoms in total. The van der Waals surface area contributed by atoms with E-state index in [0.717, 1.165) is 24.2 Å². The van der Waals surface area contributed by atoms with E-state index in [4.69, 9.17) is 17.3 Å². The molecule has 0 bridgehead atoms. The molecule has 0 radical (unpaired) electrons. The van der Waals surface area contributed by atoms with Crippen molar-refractivity contribution in [3.63, 3.8) is 0 Å². The third-order valence-corrected chi connectivity index (χ3v) is 3.62. The lowest BCUT2D eigenvalue weighted by Gasteiger charge is -2.18. The largest absolute Gasteiger partial charge is 0.319 e. The summed E-state index contributed by atoms with van der Waals surface area (Å²) in [5.74, 6) is 0. The Morgan fingerprint density at radius 3 is 2.79 bits per heavy atom. The molecule has 0 aliphatic heterocycles. The highest BCUT2D eigenvalue weighted by Gasteiger charge is 2.19. The molecule has 0 saturated heterocycles.